The van der Waals surface area contributed by atoms with Crippen LogP contribution in [0.2, 0.25) is 0 Å². The summed E-state index contributed by atoms with van der Waals surface area (Å²) in [7, 11) is 1.58. The lowest BCUT2D eigenvalue weighted by Gasteiger charge is -2.44. The molecular formula is C23H33ClN4O6S. The lowest BCUT2D eigenvalue weighted by atomic mass is 9.95. The van der Waals surface area contributed by atoms with E-state index >= 15 is 0 Å². The smallest absolute Gasteiger partial charge is 0.333 e. The van der Waals surface area contributed by atoms with Gasteiger partial charge < -0.3 is 19.7 Å². The van der Waals surface area contributed by atoms with Crippen molar-refractivity contribution in [2.24, 2.45) is 11.3 Å². The van der Waals surface area contributed by atoms with Gasteiger partial charge >= 0.3 is 11.9 Å². The minimum atomic E-state index is -0.876. The number of β-lactam (4-membered cyclic amide) rings is 1. The number of rotatable bonds is 7. The molecule has 0 aromatic heterocycles. The third kappa shape index (κ3) is 5.91. The van der Waals surface area contributed by atoms with E-state index in [2.05, 4.69) is 5.32 Å². The van der Waals surface area contributed by atoms with Crippen molar-refractivity contribution in [2.45, 2.75) is 62.9 Å². The van der Waals surface area contributed by atoms with Crippen LogP contribution in [0.1, 0.15) is 46.2 Å². The Labute approximate surface area is 215 Å². The Morgan fingerprint density at radius 1 is 1.20 bits per heavy atom. The fourth-order valence-electron chi connectivity index (χ4n) is 4.00. The molecule has 0 unspecified atom stereocenters. The number of fused-ring (bicyclic) bond motifs is 1. The molecule has 35 heavy (non-hydrogen) atoms. The molecule has 0 spiro atoms. The Morgan fingerprint density at radius 2 is 1.80 bits per heavy atom. The van der Waals surface area contributed by atoms with Gasteiger partial charge in [0.1, 0.15) is 23.5 Å². The molecule has 2 aliphatic rings. The number of esters is 2. The van der Waals surface area contributed by atoms with Crippen LogP contribution in [0.4, 0.5) is 0 Å². The second kappa shape index (κ2) is 10.7. The van der Waals surface area contributed by atoms with Gasteiger partial charge in [-0.1, -0.05) is 30.3 Å². The first-order valence-electron chi connectivity index (χ1n) is 10.9. The SMILES string of the molecule is CN(N)[C@@H](C(=O)N[C@H]1C(=O)N2[C@@H]1SC(C)(C)[C@@H]2C(=O)OCOC(=O)C(C)(C)C)c1ccccc1.Cl. The van der Waals surface area contributed by atoms with Crippen LogP contribution in [-0.4, -0.2) is 69.7 Å². The molecule has 1 aromatic rings. The van der Waals surface area contributed by atoms with Gasteiger partial charge in [-0.05, 0) is 40.2 Å². The molecule has 2 saturated heterocycles. The maximum Gasteiger partial charge on any atom is 0.333 e. The maximum absolute atomic E-state index is 13.0. The molecule has 2 aliphatic heterocycles. The molecular weight excluding hydrogens is 496 g/mol. The first kappa shape index (κ1) is 28.9. The zero-order valence-corrected chi connectivity index (χ0v) is 22.3. The van der Waals surface area contributed by atoms with Gasteiger partial charge in [-0.2, -0.15) is 0 Å². The Balaban J connectivity index is 0.00000432. The minimum absolute atomic E-state index is 0. The predicted molar refractivity (Wildman–Crippen MR) is 133 cm³/mol. The summed E-state index contributed by atoms with van der Waals surface area (Å²) in [6.07, 6.45) is 0. The number of hydrogen-bond donors (Lipinski definition) is 2. The minimum Gasteiger partial charge on any atom is -0.427 e. The van der Waals surface area contributed by atoms with Crippen molar-refractivity contribution in [1.29, 1.82) is 0 Å². The van der Waals surface area contributed by atoms with E-state index < -0.39 is 58.3 Å². The first-order valence-corrected chi connectivity index (χ1v) is 11.8. The standard InChI is InChI=1S/C23H32N4O6S.ClH/c1-22(2,3)21(31)33-12-32-20(30)16-23(4,5)34-19-14(18(29)27(16)19)25-17(28)15(26(6)24)13-10-8-7-9-11-13;/h7-11,14-16,19H,12,24H2,1-6H3,(H,25,28);1H/t14-,15+,16-,19+;/m0./s1. The summed E-state index contributed by atoms with van der Waals surface area (Å²) in [5.74, 6) is 3.97. The van der Waals surface area contributed by atoms with Gasteiger partial charge in [-0.25, -0.2) is 9.80 Å². The molecule has 2 amide bonds. The van der Waals surface area contributed by atoms with Crippen molar-refractivity contribution < 1.29 is 28.7 Å². The highest BCUT2D eigenvalue weighted by Gasteiger charge is 2.64. The molecule has 0 saturated carbocycles. The van der Waals surface area contributed by atoms with Crippen molar-refractivity contribution in [3.05, 3.63) is 35.9 Å². The van der Waals surface area contributed by atoms with Crippen LogP contribution in [0, 0.1) is 5.41 Å². The first-order chi connectivity index (χ1) is 15.8. The average Bonchev–Trinajstić information content (AvgIpc) is 2.99. The predicted octanol–water partition coefficient (Wildman–Crippen LogP) is 1.59. The number of amides is 2. The zero-order chi connectivity index (χ0) is 25.4. The number of thioether (sulfide) groups is 1. The number of nitrogens with one attached hydrogen (secondary N) is 1. The highest BCUT2D eigenvalue weighted by atomic mass is 35.5. The lowest BCUT2D eigenvalue weighted by molar-refractivity contribution is -0.180. The summed E-state index contributed by atoms with van der Waals surface area (Å²) < 4.78 is 9.51. The zero-order valence-electron chi connectivity index (χ0n) is 20.6. The number of carbonyl (C=O) groups is 4. The average molecular weight is 529 g/mol. The lowest BCUT2D eigenvalue weighted by Crippen LogP contribution is -2.71. The van der Waals surface area contributed by atoms with Gasteiger partial charge in [0, 0.05) is 11.8 Å². The summed E-state index contributed by atoms with van der Waals surface area (Å²) in [6, 6.07) is 6.57. The summed E-state index contributed by atoms with van der Waals surface area (Å²) in [6.45, 7) is 8.20. The van der Waals surface area contributed by atoms with Crippen LogP contribution < -0.4 is 11.2 Å². The number of carbonyl (C=O) groups excluding carboxylic acids is 4. The van der Waals surface area contributed by atoms with E-state index in [1.165, 1.54) is 21.7 Å². The number of likely N-dealkylation sites (N-methyl/N-ethyl adjacent to an activating group) is 1. The Bertz CT molecular complexity index is 969. The molecule has 4 atom stereocenters. The molecule has 10 nitrogen and oxygen atoms in total. The normalized spacial score (nSPS) is 23.5. The Kier molecular flexibility index (Phi) is 8.86. The summed E-state index contributed by atoms with van der Waals surface area (Å²) in [5, 5.41) is 3.65. The third-order valence-electron chi connectivity index (χ3n) is 5.74. The van der Waals surface area contributed by atoms with Crippen molar-refractivity contribution in [1.82, 2.24) is 15.2 Å². The van der Waals surface area contributed by atoms with Gasteiger partial charge in [0.25, 0.3) is 0 Å². The van der Waals surface area contributed by atoms with E-state index in [0.29, 0.717) is 5.56 Å². The van der Waals surface area contributed by atoms with Gasteiger partial charge in [0.15, 0.2) is 0 Å². The fraction of sp³-hybridized carbons (Fsp3) is 0.565. The number of nitrogens with two attached hydrogens (primary N) is 1. The largest absolute Gasteiger partial charge is 0.427 e. The number of hydrogen-bond acceptors (Lipinski definition) is 9. The van der Waals surface area contributed by atoms with Crippen LogP contribution in [0.5, 0.6) is 0 Å². The van der Waals surface area contributed by atoms with E-state index in [1.807, 2.05) is 19.9 Å². The maximum atomic E-state index is 13.0. The van der Waals surface area contributed by atoms with Crippen LogP contribution >= 0.6 is 24.2 Å². The van der Waals surface area contributed by atoms with E-state index in [-0.39, 0.29) is 18.3 Å². The molecule has 12 heteroatoms. The number of ether oxygens (including phenoxy) is 2. The van der Waals surface area contributed by atoms with Crippen molar-refractivity contribution in [2.75, 3.05) is 13.8 Å². The molecule has 1 aromatic carbocycles. The number of benzene rings is 1. The number of hydrazine groups is 1. The van der Waals surface area contributed by atoms with Gasteiger partial charge in [0.05, 0.1) is 5.41 Å². The van der Waals surface area contributed by atoms with E-state index in [1.54, 1.807) is 52.1 Å². The third-order valence-corrected chi connectivity index (χ3v) is 7.31. The van der Waals surface area contributed by atoms with Crippen LogP contribution in [0.15, 0.2) is 30.3 Å². The highest BCUT2D eigenvalue weighted by molar-refractivity contribution is 8.01. The van der Waals surface area contributed by atoms with Gasteiger partial charge in [-0.3, -0.25) is 20.2 Å². The molecule has 2 heterocycles. The second-order valence-corrected chi connectivity index (χ2v) is 11.8. The molecule has 194 valence electrons. The van der Waals surface area contributed by atoms with E-state index in [4.69, 9.17) is 15.3 Å². The van der Waals surface area contributed by atoms with Gasteiger partial charge in [0.2, 0.25) is 18.6 Å². The quantitative estimate of drug-likeness (QED) is 0.178. The number of halogens is 1. The Hall–Kier alpha value is -2.34. The van der Waals surface area contributed by atoms with E-state index in [9.17, 15) is 19.2 Å². The monoisotopic (exact) mass is 528 g/mol. The molecule has 0 radical (unpaired) electrons. The van der Waals surface area contributed by atoms with E-state index in [0.717, 1.165) is 0 Å². The summed E-state index contributed by atoms with van der Waals surface area (Å²) in [4.78, 5) is 52.1. The molecule has 3 N–H and O–H groups in total. The summed E-state index contributed by atoms with van der Waals surface area (Å²) in [5.41, 5.74) is -0.0343. The van der Waals surface area contributed by atoms with Crippen molar-refractivity contribution in [3.63, 3.8) is 0 Å². The molecule has 0 aliphatic carbocycles. The Morgan fingerprint density at radius 3 is 2.34 bits per heavy atom. The highest BCUT2D eigenvalue weighted by Crippen LogP contribution is 2.51. The topological polar surface area (TPSA) is 131 Å². The van der Waals surface area contributed by atoms with Crippen LogP contribution in [0.25, 0.3) is 0 Å². The molecule has 0 bridgehead atoms. The number of nitrogens with zero attached hydrogens (tertiary/aromatic N) is 2. The van der Waals surface area contributed by atoms with Crippen molar-refractivity contribution >= 4 is 47.9 Å². The second-order valence-electron chi connectivity index (χ2n) is 9.99. The summed E-state index contributed by atoms with van der Waals surface area (Å²) >= 11 is 1.40. The fourth-order valence-corrected chi connectivity index (χ4v) is 5.62. The van der Waals surface area contributed by atoms with Gasteiger partial charge in [-0.15, -0.1) is 24.2 Å². The van der Waals surface area contributed by atoms with Crippen LogP contribution in [-0.2, 0) is 28.7 Å². The van der Waals surface area contributed by atoms with Crippen molar-refractivity contribution in [3.8, 4) is 0 Å². The van der Waals surface area contributed by atoms with Crippen LogP contribution in [0.3, 0.4) is 0 Å². The molecule has 3 rings (SSSR count). The molecule has 2 fully saturated rings.